The van der Waals surface area contributed by atoms with Gasteiger partial charge in [0.15, 0.2) is 0 Å². The maximum atomic E-state index is 11.3. The lowest BCUT2D eigenvalue weighted by Gasteiger charge is -2.17. The Hall–Kier alpha value is -1.22. The van der Waals surface area contributed by atoms with Crippen LogP contribution >= 0.6 is 11.6 Å². The fourth-order valence-electron chi connectivity index (χ4n) is 1.20. The van der Waals surface area contributed by atoms with Crippen molar-refractivity contribution in [1.29, 1.82) is 0 Å². The molecule has 1 aromatic carbocycles. The summed E-state index contributed by atoms with van der Waals surface area (Å²) < 4.78 is 0. The molecular formula is C10H13ClN2O. The van der Waals surface area contributed by atoms with Gasteiger partial charge in [-0.3, -0.25) is 4.90 Å². The van der Waals surface area contributed by atoms with Gasteiger partial charge < -0.3 is 5.32 Å². The van der Waals surface area contributed by atoms with Crippen molar-refractivity contribution in [2.24, 2.45) is 0 Å². The number of anilines is 1. The first-order valence-corrected chi connectivity index (χ1v) is 4.65. The molecule has 1 rings (SSSR count). The minimum Gasteiger partial charge on any atom is -0.341 e. The molecule has 0 heterocycles. The Bertz CT molecular complexity index is 332. The molecule has 14 heavy (non-hydrogen) atoms. The van der Waals surface area contributed by atoms with Gasteiger partial charge in [0.2, 0.25) is 0 Å². The van der Waals surface area contributed by atoms with Crippen molar-refractivity contribution in [3.8, 4) is 0 Å². The highest BCUT2D eigenvalue weighted by atomic mass is 35.5. The number of carbonyl (C=O) groups excluding carboxylic acids is 1. The average Bonchev–Trinajstić information content (AvgIpc) is 2.14. The van der Waals surface area contributed by atoms with Crippen LogP contribution in [0.5, 0.6) is 0 Å². The zero-order valence-corrected chi connectivity index (χ0v) is 9.22. The lowest BCUT2D eigenvalue weighted by molar-refractivity contribution is 0.249. The molecule has 0 radical (unpaired) electrons. The molecule has 0 bridgehead atoms. The van der Waals surface area contributed by atoms with E-state index in [1.54, 1.807) is 20.2 Å². The van der Waals surface area contributed by atoms with E-state index in [1.165, 1.54) is 4.90 Å². The van der Waals surface area contributed by atoms with Crippen molar-refractivity contribution < 1.29 is 4.79 Å². The molecule has 0 unspecified atom stereocenters. The second-order valence-electron chi connectivity index (χ2n) is 3.10. The van der Waals surface area contributed by atoms with Crippen LogP contribution < -0.4 is 10.2 Å². The van der Waals surface area contributed by atoms with Gasteiger partial charge in [-0.25, -0.2) is 4.79 Å². The molecule has 1 aromatic rings. The minimum absolute atomic E-state index is 0.160. The Labute approximate surface area is 88.7 Å². The highest BCUT2D eigenvalue weighted by molar-refractivity contribution is 6.31. The second kappa shape index (κ2) is 4.33. The number of nitrogens with one attached hydrogen (secondary N) is 1. The first-order chi connectivity index (χ1) is 6.54. The van der Waals surface area contributed by atoms with Crippen LogP contribution in [0.25, 0.3) is 0 Å². The summed E-state index contributed by atoms with van der Waals surface area (Å²) in [6.07, 6.45) is 0. The van der Waals surface area contributed by atoms with Crippen molar-refractivity contribution >= 4 is 23.3 Å². The van der Waals surface area contributed by atoms with E-state index in [4.69, 9.17) is 11.6 Å². The smallest absolute Gasteiger partial charge is 0.321 e. The molecule has 3 nitrogen and oxygen atoms in total. The van der Waals surface area contributed by atoms with Crippen LogP contribution in [0.2, 0.25) is 5.02 Å². The number of halogens is 1. The monoisotopic (exact) mass is 212 g/mol. The second-order valence-corrected chi connectivity index (χ2v) is 3.54. The molecule has 2 amide bonds. The highest BCUT2D eigenvalue weighted by Crippen LogP contribution is 2.21. The summed E-state index contributed by atoms with van der Waals surface area (Å²) in [6.45, 7) is 1.94. The summed E-state index contributed by atoms with van der Waals surface area (Å²) in [6, 6.07) is 5.35. The van der Waals surface area contributed by atoms with Crippen LogP contribution in [0.15, 0.2) is 18.2 Å². The Morgan fingerprint density at radius 3 is 2.57 bits per heavy atom. The third kappa shape index (κ3) is 2.39. The number of rotatable bonds is 1. The molecule has 0 aliphatic rings. The number of urea groups is 1. The maximum absolute atomic E-state index is 11.3. The summed E-state index contributed by atoms with van der Waals surface area (Å²) in [5.74, 6) is 0. The van der Waals surface area contributed by atoms with E-state index in [1.807, 2.05) is 19.1 Å². The Morgan fingerprint density at radius 1 is 1.43 bits per heavy atom. The van der Waals surface area contributed by atoms with E-state index in [-0.39, 0.29) is 6.03 Å². The van der Waals surface area contributed by atoms with E-state index >= 15 is 0 Å². The van der Waals surface area contributed by atoms with E-state index in [2.05, 4.69) is 5.32 Å². The van der Waals surface area contributed by atoms with Gasteiger partial charge >= 0.3 is 6.03 Å². The summed E-state index contributed by atoms with van der Waals surface area (Å²) >= 11 is 5.88. The van der Waals surface area contributed by atoms with Gasteiger partial charge in [-0.1, -0.05) is 11.6 Å². The molecule has 76 valence electrons. The molecule has 0 fully saturated rings. The van der Waals surface area contributed by atoms with E-state index in [0.717, 1.165) is 11.3 Å². The summed E-state index contributed by atoms with van der Waals surface area (Å²) in [5, 5.41) is 3.18. The van der Waals surface area contributed by atoms with E-state index in [9.17, 15) is 4.79 Å². The fourth-order valence-corrected chi connectivity index (χ4v) is 1.48. The molecule has 0 saturated carbocycles. The van der Waals surface area contributed by atoms with Crippen molar-refractivity contribution in [3.05, 3.63) is 28.8 Å². The maximum Gasteiger partial charge on any atom is 0.321 e. The summed E-state index contributed by atoms with van der Waals surface area (Å²) in [5.41, 5.74) is 1.82. The van der Waals surface area contributed by atoms with Gasteiger partial charge in [0, 0.05) is 24.8 Å². The molecule has 0 aromatic heterocycles. The predicted octanol–water partition coefficient (Wildman–Crippen LogP) is 2.42. The van der Waals surface area contributed by atoms with Gasteiger partial charge in [-0.15, -0.1) is 0 Å². The number of carbonyl (C=O) groups is 1. The average molecular weight is 213 g/mol. The molecule has 4 heteroatoms. The van der Waals surface area contributed by atoms with Gasteiger partial charge in [0.1, 0.15) is 0 Å². The molecule has 0 atom stereocenters. The number of amides is 2. The SMILES string of the molecule is CNC(=O)N(C)c1cc(C)cc(Cl)c1. The molecule has 0 aliphatic carbocycles. The molecule has 0 saturated heterocycles. The zero-order chi connectivity index (χ0) is 10.7. The van der Waals surface area contributed by atoms with Crippen LogP contribution in [-0.4, -0.2) is 20.1 Å². The van der Waals surface area contributed by atoms with Crippen LogP contribution in [-0.2, 0) is 0 Å². The standard InChI is InChI=1S/C10H13ClN2O/c1-7-4-8(11)6-9(5-7)13(3)10(14)12-2/h4-6H,1-3H3,(H,12,14). The van der Waals surface area contributed by atoms with Gasteiger partial charge in [-0.2, -0.15) is 0 Å². The van der Waals surface area contributed by atoms with Gasteiger partial charge in [-0.05, 0) is 30.7 Å². The van der Waals surface area contributed by atoms with E-state index < -0.39 is 0 Å². The molecule has 0 spiro atoms. The zero-order valence-electron chi connectivity index (χ0n) is 8.47. The van der Waals surface area contributed by atoms with Gasteiger partial charge in [0.05, 0.1) is 0 Å². The Balaban J connectivity index is 3.00. The molecule has 0 aliphatic heterocycles. The quantitative estimate of drug-likeness (QED) is 0.762. The highest BCUT2D eigenvalue weighted by Gasteiger charge is 2.09. The van der Waals surface area contributed by atoms with Crippen molar-refractivity contribution in [2.75, 3.05) is 19.0 Å². The number of hydrogen-bond acceptors (Lipinski definition) is 1. The normalized spacial score (nSPS) is 9.71. The first kappa shape index (κ1) is 10.9. The Kier molecular flexibility index (Phi) is 3.36. The lowest BCUT2D eigenvalue weighted by Crippen LogP contribution is -2.34. The fraction of sp³-hybridized carbons (Fsp3) is 0.300. The van der Waals surface area contributed by atoms with Crippen molar-refractivity contribution in [1.82, 2.24) is 5.32 Å². The molecule has 1 N–H and O–H groups in total. The largest absolute Gasteiger partial charge is 0.341 e. The third-order valence-electron chi connectivity index (χ3n) is 1.93. The number of nitrogens with zero attached hydrogens (tertiary/aromatic N) is 1. The van der Waals surface area contributed by atoms with Gasteiger partial charge in [0.25, 0.3) is 0 Å². The Morgan fingerprint density at radius 2 is 2.07 bits per heavy atom. The minimum atomic E-state index is -0.160. The third-order valence-corrected chi connectivity index (χ3v) is 2.15. The lowest BCUT2D eigenvalue weighted by atomic mass is 10.2. The van der Waals surface area contributed by atoms with Crippen LogP contribution in [0.4, 0.5) is 10.5 Å². The van der Waals surface area contributed by atoms with Crippen molar-refractivity contribution in [2.45, 2.75) is 6.92 Å². The van der Waals surface area contributed by atoms with Crippen LogP contribution in [0.3, 0.4) is 0 Å². The summed E-state index contributed by atoms with van der Waals surface area (Å²) in [7, 11) is 3.29. The summed E-state index contributed by atoms with van der Waals surface area (Å²) in [4.78, 5) is 12.8. The molecular weight excluding hydrogens is 200 g/mol. The van der Waals surface area contributed by atoms with Crippen LogP contribution in [0, 0.1) is 6.92 Å². The van der Waals surface area contributed by atoms with E-state index in [0.29, 0.717) is 5.02 Å². The van der Waals surface area contributed by atoms with Crippen molar-refractivity contribution in [3.63, 3.8) is 0 Å². The number of benzene rings is 1. The predicted molar refractivity (Wildman–Crippen MR) is 59.0 cm³/mol. The van der Waals surface area contributed by atoms with Crippen LogP contribution in [0.1, 0.15) is 5.56 Å². The number of aryl methyl sites for hydroxylation is 1. The number of hydrogen-bond donors (Lipinski definition) is 1. The topological polar surface area (TPSA) is 32.3 Å². The first-order valence-electron chi connectivity index (χ1n) is 4.27.